The van der Waals surface area contributed by atoms with Gasteiger partial charge in [0.1, 0.15) is 5.75 Å². The first-order valence-corrected chi connectivity index (χ1v) is 8.44. The summed E-state index contributed by atoms with van der Waals surface area (Å²) < 4.78 is 6.92. The predicted molar refractivity (Wildman–Crippen MR) is 99.9 cm³/mol. The number of nitrogens with zero attached hydrogens (tertiary/aromatic N) is 2. The second-order valence-corrected chi connectivity index (χ2v) is 6.13. The number of hydrogen-bond acceptors (Lipinski definition) is 4. The number of carbonyl (C=O) groups excluding carboxylic acids is 1. The molecule has 0 fully saturated rings. The van der Waals surface area contributed by atoms with E-state index in [9.17, 15) is 14.9 Å². The van der Waals surface area contributed by atoms with Gasteiger partial charge in [0.05, 0.1) is 12.0 Å². The lowest BCUT2D eigenvalue weighted by Gasteiger charge is -2.03. The molecule has 0 saturated heterocycles. The van der Waals surface area contributed by atoms with Gasteiger partial charge in [-0.05, 0) is 41.8 Å². The Morgan fingerprint density at radius 2 is 1.54 bits per heavy atom. The van der Waals surface area contributed by atoms with Crippen molar-refractivity contribution in [2.45, 2.75) is 13.0 Å². The highest BCUT2D eigenvalue weighted by molar-refractivity contribution is 5.95. The maximum Gasteiger partial charge on any atom is 0.269 e. The third kappa shape index (κ3) is 5.47. The summed E-state index contributed by atoms with van der Waals surface area (Å²) in [4.78, 5) is 22.7. The van der Waals surface area contributed by atoms with Gasteiger partial charge in [0.2, 0.25) is 12.3 Å². The summed E-state index contributed by atoms with van der Waals surface area (Å²) in [7, 11) is 1.59. The van der Waals surface area contributed by atoms with E-state index in [-0.39, 0.29) is 35.0 Å². The highest BCUT2D eigenvalue weighted by atomic mass is 79.9. The van der Waals surface area contributed by atoms with Crippen molar-refractivity contribution in [3.8, 4) is 5.75 Å². The molecule has 0 aliphatic rings. The van der Waals surface area contributed by atoms with Crippen LogP contribution in [0.1, 0.15) is 21.5 Å². The minimum absolute atomic E-state index is 0. The zero-order chi connectivity index (χ0) is 19.2. The van der Waals surface area contributed by atoms with E-state index < -0.39 is 4.92 Å². The molecule has 1 aromatic heterocycles. The molecular formula is C21H19BrN2O4. The van der Waals surface area contributed by atoms with Gasteiger partial charge in [0.15, 0.2) is 12.4 Å². The highest BCUT2D eigenvalue weighted by Crippen LogP contribution is 2.15. The topological polar surface area (TPSA) is 73.3 Å². The van der Waals surface area contributed by atoms with Crippen molar-refractivity contribution in [2.24, 2.45) is 0 Å². The molecule has 3 rings (SSSR count). The van der Waals surface area contributed by atoms with Crippen LogP contribution in [0.4, 0.5) is 5.69 Å². The van der Waals surface area contributed by atoms with Crippen LogP contribution >= 0.6 is 0 Å². The van der Waals surface area contributed by atoms with Crippen molar-refractivity contribution in [1.29, 1.82) is 0 Å². The molecule has 0 bridgehead atoms. The first-order valence-electron chi connectivity index (χ1n) is 8.44. The fourth-order valence-electron chi connectivity index (χ4n) is 2.72. The van der Waals surface area contributed by atoms with Crippen LogP contribution in [0.5, 0.6) is 5.75 Å². The zero-order valence-corrected chi connectivity index (χ0v) is 16.8. The Hall–Kier alpha value is -3.06. The van der Waals surface area contributed by atoms with Crippen molar-refractivity contribution in [3.05, 3.63) is 99.9 Å². The van der Waals surface area contributed by atoms with E-state index in [1.807, 2.05) is 29.1 Å². The summed E-state index contributed by atoms with van der Waals surface area (Å²) >= 11 is 0. The molecule has 0 radical (unpaired) electrons. The largest absolute Gasteiger partial charge is 1.00 e. The fraction of sp³-hybridized carbons (Fsp3) is 0.143. The van der Waals surface area contributed by atoms with Gasteiger partial charge >= 0.3 is 0 Å². The van der Waals surface area contributed by atoms with Crippen molar-refractivity contribution in [1.82, 2.24) is 0 Å². The lowest BCUT2D eigenvalue weighted by molar-refractivity contribution is -0.683. The predicted octanol–water partition coefficient (Wildman–Crippen LogP) is 0.369. The van der Waals surface area contributed by atoms with E-state index >= 15 is 0 Å². The number of halogens is 1. The van der Waals surface area contributed by atoms with Crippen LogP contribution in [0, 0.1) is 10.1 Å². The number of ketones is 1. The molecule has 0 aliphatic heterocycles. The molecule has 7 heteroatoms. The van der Waals surface area contributed by atoms with Gasteiger partial charge in [-0.25, -0.2) is 0 Å². The first-order chi connectivity index (χ1) is 13.0. The van der Waals surface area contributed by atoms with Gasteiger partial charge in [-0.3, -0.25) is 14.9 Å². The number of carbonyl (C=O) groups is 1. The second kappa shape index (κ2) is 9.75. The quantitative estimate of drug-likeness (QED) is 0.229. The number of non-ortho nitro benzene ring substituents is 1. The Bertz CT molecular complexity index is 940. The third-order valence-corrected chi connectivity index (χ3v) is 4.25. The zero-order valence-electron chi connectivity index (χ0n) is 15.2. The Morgan fingerprint density at radius 1 is 0.964 bits per heavy atom. The number of methoxy groups -OCH3 is 1. The van der Waals surface area contributed by atoms with Gasteiger partial charge < -0.3 is 21.7 Å². The number of Topliss-reactive ketones (excluding diaryl/α,β-unsaturated/α-hetero) is 1. The molecule has 0 atom stereocenters. The van der Waals surface area contributed by atoms with E-state index in [1.165, 1.54) is 12.1 Å². The molecule has 3 aromatic rings. The van der Waals surface area contributed by atoms with Crippen LogP contribution < -0.4 is 26.3 Å². The maximum absolute atomic E-state index is 12.4. The molecular weight excluding hydrogens is 424 g/mol. The average molecular weight is 443 g/mol. The van der Waals surface area contributed by atoms with E-state index in [0.717, 1.165) is 16.9 Å². The van der Waals surface area contributed by atoms with Gasteiger partial charge in [0, 0.05) is 29.8 Å². The average Bonchev–Trinajstić information content (AvgIpc) is 2.70. The van der Waals surface area contributed by atoms with Crippen LogP contribution in [0.2, 0.25) is 0 Å². The number of ether oxygens (including phenoxy) is 1. The molecule has 0 amide bonds. The molecule has 2 aromatic carbocycles. The molecule has 0 unspecified atom stereocenters. The molecule has 0 saturated carbocycles. The van der Waals surface area contributed by atoms with Crippen LogP contribution in [0.25, 0.3) is 0 Å². The molecule has 1 heterocycles. The molecule has 6 nitrogen and oxygen atoms in total. The molecule has 0 aliphatic carbocycles. The van der Waals surface area contributed by atoms with Crippen LogP contribution in [-0.4, -0.2) is 17.8 Å². The van der Waals surface area contributed by atoms with Crippen LogP contribution in [0.15, 0.2) is 73.1 Å². The summed E-state index contributed by atoms with van der Waals surface area (Å²) in [6.45, 7) is 0.254. The summed E-state index contributed by atoms with van der Waals surface area (Å²) in [5, 5.41) is 10.7. The summed E-state index contributed by atoms with van der Waals surface area (Å²) in [6, 6.07) is 17.5. The van der Waals surface area contributed by atoms with Crippen molar-refractivity contribution in [2.75, 3.05) is 7.11 Å². The molecule has 28 heavy (non-hydrogen) atoms. The van der Waals surface area contributed by atoms with Gasteiger partial charge in [-0.2, -0.15) is 4.57 Å². The van der Waals surface area contributed by atoms with Crippen molar-refractivity contribution < 1.29 is 36.0 Å². The summed E-state index contributed by atoms with van der Waals surface area (Å²) in [5.74, 6) is 0.737. The van der Waals surface area contributed by atoms with Crippen molar-refractivity contribution in [3.63, 3.8) is 0 Å². The highest BCUT2D eigenvalue weighted by Gasteiger charge is 2.12. The van der Waals surface area contributed by atoms with Crippen molar-refractivity contribution >= 4 is 11.5 Å². The summed E-state index contributed by atoms with van der Waals surface area (Å²) in [5.41, 5.74) is 2.78. The normalized spacial score (nSPS) is 10.0. The van der Waals surface area contributed by atoms with E-state index in [4.69, 9.17) is 4.74 Å². The molecule has 0 N–H and O–H groups in total. The van der Waals surface area contributed by atoms with Gasteiger partial charge in [-0.15, -0.1) is 0 Å². The number of rotatable bonds is 7. The van der Waals surface area contributed by atoms with E-state index in [2.05, 4.69) is 0 Å². The van der Waals surface area contributed by atoms with Crippen LogP contribution in [0.3, 0.4) is 0 Å². The Balaban J connectivity index is 0.00000280. The number of nitro groups is 1. The standard InChI is InChI=1S/C21H19N2O4.BrH/c1-27-20-8-4-18(5-9-20)21(24)15-22-12-10-17(11-13-22)14-16-2-6-19(7-3-16)23(25)26;/h2-13H,14-15H2,1H3;1H/q+1;/p-1. The summed E-state index contributed by atoms with van der Waals surface area (Å²) in [6.07, 6.45) is 4.40. The second-order valence-electron chi connectivity index (χ2n) is 6.13. The monoisotopic (exact) mass is 442 g/mol. The number of hydrogen-bond donors (Lipinski definition) is 0. The van der Waals surface area contributed by atoms with E-state index in [1.54, 1.807) is 43.5 Å². The third-order valence-electron chi connectivity index (χ3n) is 4.25. The number of pyridine rings is 1. The Kier molecular flexibility index (Phi) is 7.40. The number of nitro benzene ring substituents is 1. The SMILES string of the molecule is COc1ccc(C(=O)C[n+]2ccc(Cc3ccc([N+](=O)[O-])cc3)cc2)cc1.[Br-]. The first kappa shape index (κ1) is 21.2. The van der Waals surface area contributed by atoms with Crippen LogP contribution in [-0.2, 0) is 13.0 Å². The van der Waals surface area contributed by atoms with Gasteiger partial charge in [-0.1, -0.05) is 12.1 Å². The fourth-order valence-corrected chi connectivity index (χ4v) is 2.72. The Morgan fingerprint density at radius 3 is 2.07 bits per heavy atom. The Labute approximate surface area is 173 Å². The number of benzene rings is 2. The van der Waals surface area contributed by atoms with Gasteiger partial charge in [0.25, 0.3) is 5.69 Å². The lowest BCUT2D eigenvalue weighted by atomic mass is 10.1. The molecule has 0 spiro atoms. The number of aromatic nitrogens is 1. The smallest absolute Gasteiger partial charge is 0.269 e. The minimum atomic E-state index is -0.408. The molecule has 144 valence electrons. The lowest BCUT2D eigenvalue weighted by Crippen LogP contribution is -3.00. The maximum atomic E-state index is 12.4. The van der Waals surface area contributed by atoms with E-state index in [0.29, 0.717) is 12.0 Å². The minimum Gasteiger partial charge on any atom is -1.00 e.